The van der Waals surface area contributed by atoms with Gasteiger partial charge < -0.3 is 4.57 Å². The van der Waals surface area contributed by atoms with E-state index in [1.807, 2.05) is 18.5 Å². The van der Waals surface area contributed by atoms with Gasteiger partial charge in [0.25, 0.3) is 5.91 Å². The van der Waals surface area contributed by atoms with E-state index in [2.05, 4.69) is 28.5 Å². The first-order valence-corrected chi connectivity index (χ1v) is 8.76. The molecular formula is C17H14ClN3OS2. The normalized spacial score (nSPS) is 11.7. The van der Waals surface area contributed by atoms with E-state index in [1.54, 1.807) is 24.3 Å². The van der Waals surface area contributed by atoms with Gasteiger partial charge in [-0.3, -0.25) is 10.1 Å². The summed E-state index contributed by atoms with van der Waals surface area (Å²) >= 11 is 12.5. The van der Waals surface area contributed by atoms with E-state index < -0.39 is 0 Å². The molecule has 0 saturated carbocycles. The number of carbonyl (C=O) groups excluding carboxylic acids is 1. The molecule has 2 aromatic carbocycles. The number of rotatable bonds is 1. The molecule has 7 heteroatoms. The molecule has 0 bridgehead atoms. The first kappa shape index (κ1) is 16.8. The summed E-state index contributed by atoms with van der Waals surface area (Å²) in [4.78, 5) is 17.3. The summed E-state index contributed by atoms with van der Waals surface area (Å²) in [7, 11) is 1.93. The number of thiazole rings is 1. The minimum Gasteiger partial charge on any atom is -0.319 e. The number of amides is 1. The van der Waals surface area contributed by atoms with Crippen molar-refractivity contribution in [1.82, 2.24) is 9.88 Å². The summed E-state index contributed by atoms with van der Waals surface area (Å²) in [6.45, 7) is 2.05. The Labute approximate surface area is 153 Å². The second-order valence-corrected chi connectivity index (χ2v) is 7.13. The zero-order valence-corrected chi connectivity index (χ0v) is 15.4. The number of nitrogens with one attached hydrogen (secondary N) is 1. The number of hydrogen-bond acceptors (Lipinski definition) is 3. The van der Waals surface area contributed by atoms with E-state index in [0.717, 1.165) is 15.0 Å². The fourth-order valence-electron chi connectivity index (χ4n) is 2.23. The summed E-state index contributed by atoms with van der Waals surface area (Å²) in [5, 5.41) is 3.33. The van der Waals surface area contributed by atoms with Gasteiger partial charge in [0.1, 0.15) is 0 Å². The maximum atomic E-state index is 12.2. The second kappa shape index (κ2) is 6.84. The fourth-order valence-corrected chi connectivity index (χ4v) is 3.72. The molecule has 0 unspecified atom stereocenters. The van der Waals surface area contributed by atoms with Crippen molar-refractivity contribution in [3.63, 3.8) is 0 Å². The van der Waals surface area contributed by atoms with E-state index in [4.69, 9.17) is 23.8 Å². The molecule has 3 aromatic rings. The monoisotopic (exact) mass is 375 g/mol. The lowest BCUT2D eigenvalue weighted by Gasteiger charge is -2.02. The lowest BCUT2D eigenvalue weighted by Crippen LogP contribution is -2.29. The van der Waals surface area contributed by atoms with Crippen LogP contribution in [0, 0.1) is 6.92 Å². The molecule has 0 aliphatic heterocycles. The molecule has 24 heavy (non-hydrogen) atoms. The van der Waals surface area contributed by atoms with E-state index in [9.17, 15) is 4.79 Å². The van der Waals surface area contributed by atoms with E-state index in [-0.39, 0.29) is 11.0 Å². The van der Waals surface area contributed by atoms with E-state index >= 15 is 0 Å². The van der Waals surface area contributed by atoms with Crippen LogP contribution in [-0.4, -0.2) is 15.6 Å². The van der Waals surface area contributed by atoms with Gasteiger partial charge in [0.15, 0.2) is 4.80 Å². The van der Waals surface area contributed by atoms with Crippen molar-refractivity contribution in [2.24, 2.45) is 12.0 Å². The van der Waals surface area contributed by atoms with Crippen molar-refractivity contribution in [2.75, 3.05) is 0 Å². The number of carbonyl (C=O) groups is 1. The lowest BCUT2D eigenvalue weighted by molar-refractivity contribution is 0.0977. The van der Waals surface area contributed by atoms with Crippen LogP contribution in [0.2, 0.25) is 5.02 Å². The van der Waals surface area contributed by atoms with E-state index in [1.165, 1.54) is 16.9 Å². The van der Waals surface area contributed by atoms with Gasteiger partial charge in [0, 0.05) is 17.6 Å². The maximum Gasteiger partial charge on any atom is 0.257 e. The quantitative estimate of drug-likeness (QED) is 0.657. The Bertz CT molecular complexity index is 1000. The van der Waals surface area contributed by atoms with Gasteiger partial charge in [-0.1, -0.05) is 29.0 Å². The van der Waals surface area contributed by atoms with Crippen molar-refractivity contribution in [2.45, 2.75) is 6.92 Å². The number of halogens is 1. The van der Waals surface area contributed by atoms with Crippen LogP contribution in [0.15, 0.2) is 47.5 Å². The highest BCUT2D eigenvalue weighted by Gasteiger charge is 2.08. The molecule has 0 radical (unpaired) electrons. The van der Waals surface area contributed by atoms with Crippen LogP contribution in [0.25, 0.3) is 10.2 Å². The predicted octanol–water partition coefficient (Wildman–Crippen LogP) is 3.82. The number of fused-ring (bicyclic) bond motifs is 1. The van der Waals surface area contributed by atoms with Crippen molar-refractivity contribution >= 4 is 56.4 Å². The second-order valence-electron chi connectivity index (χ2n) is 5.29. The summed E-state index contributed by atoms with van der Waals surface area (Å²) in [6.07, 6.45) is 0. The van der Waals surface area contributed by atoms with Crippen LogP contribution in [0.3, 0.4) is 0 Å². The predicted molar refractivity (Wildman–Crippen MR) is 103 cm³/mol. The van der Waals surface area contributed by atoms with Crippen molar-refractivity contribution in [3.8, 4) is 0 Å². The molecule has 1 amide bonds. The molecule has 0 fully saturated rings. The molecule has 122 valence electrons. The highest BCUT2D eigenvalue weighted by Crippen LogP contribution is 2.17. The number of aromatic nitrogens is 1. The van der Waals surface area contributed by atoms with Crippen LogP contribution >= 0.6 is 35.2 Å². The molecule has 1 N–H and O–H groups in total. The third kappa shape index (κ3) is 3.56. The summed E-state index contributed by atoms with van der Waals surface area (Å²) in [5.74, 6) is -0.306. The lowest BCUT2D eigenvalue weighted by atomic mass is 10.2. The van der Waals surface area contributed by atoms with Crippen molar-refractivity contribution in [1.29, 1.82) is 0 Å². The summed E-state index contributed by atoms with van der Waals surface area (Å²) in [5.41, 5.74) is 2.75. The number of benzene rings is 2. The van der Waals surface area contributed by atoms with Gasteiger partial charge in [0.2, 0.25) is 5.11 Å². The first-order chi connectivity index (χ1) is 11.4. The minimum absolute atomic E-state index is 0.133. The molecule has 3 rings (SSSR count). The Kier molecular flexibility index (Phi) is 4.80. The van der Waals surface area contributed by atoms with Gasteiger partial charge in [-0.2, -0.15) is 4.99 Å². The highest BCUT2D eigenvalue weighted by atomic mass is 35.5. The topological polar surface area (TPSA) is 46.4 Å². The Morgan fingerprint density at radius 2 is 1.96 bits per heavy atom. The SMILES string of the molecule is Cc1ccc2c(c1)s/c(=N/C(=S)NC(=O)c1ccc(Cl)cc1)n2C. The van der Waals surface area contributed by atoms with Crippen molar-refractivity contribution in [3.05, 3.63) is 63.4 Å². The van der Waals surface area contributed by atoms with Gasteiger partial charge in [-0.05, 0) is 61.1 Å². The van der Waals surface area contributed by atoms with Gasteiger partial charge in [-0.25, -0.2) is 0 Å². The Hall–Kier alpha value is -2.02. The third-order valence-corrected chi connectivity index (χ3v) is 5.03. The molecular weight excluding hydrogens is 362 g/mol. The van der Waals surface area contributed by atoms with E-state index in [0.29, 0.717) is 10.6 Å². The van der Waals surface area contributed by atoms with Crippen LogP contribution in [0.1, 0.15) is 15.9 Å². The van der Waals surface area contributed by atoms with Crippen molar-refractivity contribution < 1.29 is 4.79 Å². The Morgan fingerprint density at radius 1 is 1.25 bits per heavy atom. The zero-order valence-electron chi connectivity index (χ0n) is 13.0. The first-order valence-electron chi connectivity index (χ1n) is 7.16. The number of hydrogen-bond donors (Lipinski definition) is 1. The fraction of sp³-hybridized carbons (Fsp3) is 0.118. The average Bonchev–Trinajstić information content (AvgIpc) is 2.83. The molecule has 0 spiro atoms. The molecule has 0 aliphatic carbocycles. The average molecular weight is 376 g/mol. The minimum atomic E-state index is -0.306. The van der Waals surface area contributed by atoms with Gasteiger partial charge in [-0.15, -0.1) is 0 Å². The Morgan fingerprint density at radius 3 is 2.67 bits per heavy atom. The Balaban J connectivity index is 1.85. The van der Waals surface area contributed by atoms with Crippen LogP contribution < -0.4 is 10.1 Å². The molecule has 1 heterocycles. The molecule has 0 aliphatic rings. The van der Waals surface area contributed by atoms with Crippen LogP contribution in [0.4, 0.5) is 0 Å². The van der Waals surface area contributed by atoms with Gasteiger partial charge >= 0.3 is 0 Å². The zero-order chi connectivity index (χ0) is 17.3. The van der Waals surface area contributed by atoms with Crippen LogP contribution in [0.5, 0.6) is 0 Å². The smallest absolute Gasteiger partial charge is 0.257 e. The molecule has 0 saturated heterocycles. The standard InChI is InChI=1S/C17H14ClN3OS2/c1-10-3-8-13-14(9-10)24-17(21(13)2)20-16(23)19-15(22)11-4-6-12(18)7-5-11/h3-9H,1-2H3,(H,19,22,23)/b20-17+. The number of nitrogens with zero attached hydrogens (tertiary/aromatic N) is 2. The third-order valence-electron chi connectivity index (χ3n) is 3.49. The van der Waals surface area contributed by atoms with Crippen LogP contribution in [-0.2, 0) is 7.05 Å². The summed E-state index contributed by atoms with van der Waals surface area (Å²) in [6, 6.07) is 12.8. The molecule has 0 atom stereocenters. The van der Waals surface area contributed by atoms with Gasteiger partial charge in [0.05, 0.1) is 10.2 Å². The number of thiocarbonyl (C=S) groups is 1. The largest absolute Gasteiger partial charge is 0.319 e. The highest BCUT2D eigenvalue weighted by molar-refractivity contribution is 7.80. The molecule has 4 nitrogen and oxygen atoms in total. The maximum absolute atomic E-state index is 12.2. The number of aryl methyl sites for hydroxylation is 2. The summed E-state index contributed by atoms with van der Waals surface area (Å²) < 4.78 is 3.09. The molecule has 1 aromatic heterocycles.